The largest absolute Gasteiger partial charge is 0.287 e. The Balaban J connectivity index is 2.01. The normalized spacial score (nSPS) is 30.2. The molecule has 0 bridgehead atoms. The minimum Gasteiger partial charge on any atom is -0.287 e. The van der Waals surface area contributed by atoms with Crippen LogP contribution in [0, 0.1) is 17.2 Å². The van der Waals surface area contributed by atoms with Gasteiger partial charge in [-0.3, -0.25) is 4.90 Å². The van der Waals surface area contributed by atoms with Crippen molar-refractivity contribution in [3.05, 3.63) is 0 Å². The van der Waals surface area contributed by atoms with Crippen molar-refractivity contribution in [3.8, 4) is 6.07 Å². The molecular weight excluding hydrogens is 248 g/mol. The van der Waals surface area contributed by atoms with E-state index < -0.39 is 9.84 Å². The van der Waals surface area contributed by atoms with Crippen LogP contribution in [0.3, 0.4) is 0 Å². The predicted molar refractivity (Wildman–Crippen MR) is 70.8 cm³/mol. The highest BCUT2D eigenvalue weighted by Gasteiger charge is 2.36. The maximum Gasteiger partial charge on any atom is 0.151 e. The molecule has 0 spiro atoms. The van der Waals surface area contributed by atoms with E-state index in [4.69, 9.17) is 0 Å². The van der Waals surface area contributed by atoms with E-state index in [1.807, 2.05) is 11.9 Å². The van der Waals surface area contributed by atoms with Crippen LogP contribution in [0.1, 0.15) is 38.5 Å². The molecule has 2 unspecified atom stereocenters. The van der Waals surface area contributed by atoms with Crippen molar-refractivity contribution in [1.29, 1.82) is 5.26 Å². The second-order valence-electron chi connectivity index (χ2n) is 5.69. The van der Waals surface area contributed by atoms with Crippen LogP contribution in [0.25, 0.3) is 0 Å². The molecule has 0 N–H and O–H groups in total. The Morgan fingerprint density at radius 2 is 1.89 bits per heavy atom. The third kappa shape index (κ3) is 3.04. The molecule has 2 rings (SSSR count). The van der Waals surface area contributed by atoms with Crippen molar-refractivity contribution in [2.75, 3.05) is 18.6 Å². The lowest BCUT2D eigenvalue weighted by Gasteiger charge is -2.35. The molecule has 2 fully saturated rings. The van der Waals surface area contributed by atoms with E-state index in [9.17, 15) is 13.7 Å². The fourth-order valence-electron chi connectivity index (χ4n) is 3.30. The molecule has 0 aromatic carbocycles. The first-order valence-corrected chi connectivity index (χ1v) is 8.67. The number of nitriles is 1. The minimum absolute atomic E-state index is 0.0431. The zero-order valence-electron chi connectivity index (χ0n) is 11.0. The number of rotatable bonds is 3. The van der Waals surface area contributed by atoms with E-state index >= 15 is 0 Å². The smallest absolute Gasteiger partial charge is 0.151 e. The van der Waals surface area contributed by atoms with Crippen molar-refractivity contribution in [2.45, 2.75) is 50.6 Å². The average molecular weight is 270 g/mol. The molecule has 1 heterocycles. The standard InChI is InChI=1S/C13H22N2O2S/c1-15(12-7-8-18(16,17)10-12)13(9-14)11-5-3-2-4-6-11/h11-13H,2-8,10H2,1H3. The Labute approximate surface area is 110 Å². The quantitative estimate of drug-likeness (QED) is 0.781. The van der Waals surface area contributed by atoms with Gasteiger partial charge in [0.05, 0.1) is 17.6 Å². The molecule has 1 aliphatic heterocycles. The zero-order valence-corrected chi connectivity index (χ0v) is 11.8. The van der Waals surface area contributed by atoms with Gasteiger partial charge in [-0.05, 0) is 32.2 Å². The van der Waals surface area contributed by atoms with E-state index in [2.05, 4.69) is 6.07 Å². The summed E-state index contributed by atoms with van der Waals surface area (Å²) in [4.78, 5) is 2.03. The van der Waals surface area contributed by atoms with Gasteiger partial charge in [0.2, 0.25) is 0 Å². The number of hydrogen-bond donors (Lipinski definition) is 0. The monoisotopic (exact) mass is 270 g/mol. The average Bonchev–Trinajstić information content (AvgIpc) is 2.72. The van der Waals surface area contributed by atoms with Crippen molar-refractivity contribution in [1.82, 2.24) is 4.90 Å². The molecule has 1 saturated heterocycles. The topological polar surface area (TPSA) is 61.2 Å². The third-order valence-corrected chi connectivity index (χ3v) is 6.20. The summed E-state index contributed by atoms with van der Waals surface area (Å²) in [5.41, 5.74) is 0. The van der Waals surface area contributed by atoms with Gasteiger partial charge in [0.15, 0.2) is 9.84 Å². The van der Waals surface area contributed by atoms with Crippen LogP contribution in [0.15, 0.2) is 0 Å². The van der Waals surface area contributed by atoms with Gasteiger partial charge in [0, 0.05) is 6.04 Å². The first-order chi connectivity index (χ1) is 8.53. The molecule has 0 aromatic rings. The fourth-order valence-corrected chi connectivity index (χ4v) is 5.09. The van der Waals surface area contributed by atoms with Crippen LogP contribution in [0.5, 0.6) is 0 Å². The lowest BCUT2D eigenvalue weighted by atomic mass is 9.83. The lowest BCUT2D eigenvalue weighted by Crippen LogP contribution is -2.44. The second kappa shape index (κ2) is 5.58. The summed E-state index contributed by atoms with van der Waals surface area (Å²) in [6.45, 7) is 0. The Hall–Kier alpha value is -0.600. The molecule has 1 aliphatic carbocycles. The Bertz CT molecular complexity index is 421. The van der Waals surface area contributed by atoms with Crippen molar-refractivity contribution in [2.24, 2.45) is 5.92 Å². The van der Waals surface area contributed by atoms with Crippen LogP contribution >= 0.6 is 0 Å². The maximum atomic E-state index is 11.5. The fraction of sp³-hybridized carbons (Fsp3) is 0.923. The molecule has 1 saturated carbocycles. The van der Waals surface area contributed by atoms with Crippen molar-refractivity contribution in [3.63, 3.8) is 0 Å². The summed E-state index contributed by atoms with van der Waals surface area (Å²) in [6, 6.07) is 2.34. The molecule has 0 aromatic heterocycles. The summed E-state index contributed by atoms with van der Waals surface area (Å²) in [5.74, 6) is 0.941. The summed E-state index contributed by atoms with van der Waals surface area (Å²) < 4.78 is 23.0. The molecule has 4 nitrogen and oxygen atoms in total. The van der Waals surface area contributed by atoms with Gasteiger partial charge in [0.25, 0.3) is 0 Å². The summed E-state index contributed by atoms with van der Waals surface area (Å²) >= 11 is 0. The summed E-state index contributed by atoms with van der Waals surface area (Å²) in [5, 5.41) is 9.40. The van der Waals surface area contributed by atoms with E-state index in [0.717, 1.165) is 12.8 Å². The molecule has 0 radical (unpaired) electrons. The summed E-state index contributed by atoms with van der Waals surface area (Å²) in [7, 11) is -0.939. The van der Waals surface area contributed by atoms with Crippen LogP contribution in [0.2, 0.25) is 0 Å². The van der Waals surface area contributed by atoms with E-state index in [0.29, 0.717) is 12.3 Å². The molecule has 18 heavy (non-hydrogen) atoms. The van der Waals surface area contributed by atoms with E-state index in [1.54, 1.807) is 0 Å². The van der Waals surface area contributed by atoms with Crippen molar-refractivity contribution < 1.29 is 8.42 Å². The lowest BCUT2D eigenvalue weighted by molar-refractivity contribution is 0.148. The van der Waals surface area contributed by atoms with Gasteiger partial charge in [-0.15, -0.1) is 0 Å². The van der Waals surface area contributed by atoms with Gasteiger partial charge in [-0.1, -0.05) is 19.3 Å². The molecule has 2 atom stereocenters. The van der Waals surface area contributed by atoms with Crippen LogP contribution in [-0.2, 0) is 9.84 Å². The highest BCUT2D eigenvalue weighted by Crippen LogP contribution is 2.30. The molecular formula is C13H22N2O2S. The van der Waals surface area contributed by atoms with E-state index in [-0.39, 0.29) is 23.6 Å². The van der Waals surface area contributed by atoms with Gasteiger partial charge >= 0.3 is 0 Å². The highest BCUT2D eigenvalue weighted by molar-refractivity contribution is 7.91. The Morgan fingerprint density at radius 1 is 1.22 bits per heavy atom. The zero-order chi connectivity index (χ0) is 13.2. The number of nitrogens with zero attached hydrogens (tertiary/aromatic N) is 2. The number of sulfone groups is 1. The Morgan fingerprint density at radius 3 is 2.39 bits per heavy atom. The van der Waals surface area contributed by atoms with E-state index in [1.165, 1.54) is 19.3 Å². The molecule has 0 amide bonds. The highest BCUT2D eigenvalue weighted by atomic mass is 32.2. The third-order valence-electron chi connectivity index (χ3n) is 4.45. The van der Waals surface area contributed by atoms with Gasteiger partial charge in [-0.2, -0.15) is 5.26 Å². The minimum atomic E-state index is -2.86. The van der Waals surface area contributed by atoms with Gasteiger partial charge in [0.1, 0.15) is 6.04 Å². The van der Waals surface area contributed by atoms with Gasteiger partial charge in [-0.25, -0.2) is 8.42 Å². The SMILES string of the molecule is CN(C1CCS(=O)(=O)C1)C(C#N)C1CCCCC1. The summed E-state index contributed by atoms with van der Waals surface area (Å²) in [6.07, 6.45) is 6.60. The Kier molecular flexibility index (Phi) is 4.29. The maximum absolute atomic E-state index is 11.5. The predicted octanol–water partition coefficient (Wildman–Crippen LogP) is 1.58. The van der Waals surface area contributed by atoms with Crippen LogP contribution in [-0.4, -0.2) is 44.0 Å². The molecule has 5 heteroatoms. The molecule has 2 aliphatic rings. The second-order valence-corrected chi connectivity index (χ2v) is 7.92. The van der Waals surface area contributed by atoms with Crippen molar-refractivity contribution >= 4 is 9.84 Å². The first kappa shape index (κ1) is 13.8. The number of hydrogen-bond acceptors (Lipinski definition) is 4. The van der Waals surface area contributed by atoms with Gasteiger partial charge < -0.3 is 0 Å². The van der Waals surface area contributed by atoms with Crippen LogP contribution < -0.4 is 0 Å². The van der Waals surface area contributed by atoms with Crippen LogP contribution in [0.4, 0.5) is 0 Å². The molecule has 102 valence electrons. The first-order valence-electron chi connectivity index (χ1n) is 6.85.